The van der Waals surface area contributed by atoms with Crippen molar-refractivity contribution in [2.75, 3.05) is 41.4 Å². The van der Waals surface area contributed by atoms with Gasteiger partial charge in [-0.25, -0.2) is 12.8 Å². The summed E-state index contributed by atoms with van der Waals surface area (Å²) in [5, 5.41) is 0. The molecule has 0 radical (unpaired) electrons. The Kier molecular flexibility index (Phi) is 3.84. The Morgan fingerprint density at radius 2 is 2.05 bits per heavy atom. The molecule has 0 bridgehead atoms. The lowest BCUT2D eigenvalue weighted by Crippen LogP contribution is -2.37. The zero-order chi connectivity index (χ0) is 15.9. The summed E-state index contributed by atoms with van der Waals surface area (Å²) in [6.07, 6.45) is 1.12. The minimum atomic E-state index is -3.12. The quantitative estimate of drug-likeness (QED) is 0.783. The van der Waals surface area contributed by atoms with Gasteiger partial charge in [-0.05, 0) is 31.0 Å². The number of nitrogens with zero attached hydrogens (tertiary/aromatic N) is 2. The highest BCUT2D eigenvalue weighted by Crippen LogP contribution is 2.34. The van der Waals surface area contributed by atoms with E-state index in [1.54, 1.807) is 11.0 Å². The molecule has 0 saturated carbocycles. The van der Waals surface area contributed by atoms with E-state index in [9.17, 15) is 17.6 Å². The van der Waals surface area contributed by atoms with E-state index in [1.807, 2.05) is 11.9 Å². The van der Waals surface area contributed by atoms with Crippen LogP contribution in [-0.2, 0) is 14.6 Å². The smallest absolute Gasteiger partial charge is 0.231 e. The average Bonchev–Trinajstić information content (AvgIpc) is 2.74. The maximum atomic E-state index is 13.6. The maximum absolute atomic E-state index is 13.6. The third kappa shape index (κ3) is 2.82. The highest BCUT2D eigenvalue weighted by molar-refractivity contribution is 7.91. The van der Waals surface area contributed by atoms with Crippen LogP contribution in [0.4, 0.5) is 15.8 Å². The first kappa shape index (κ1) is 15.3. The largest absolute Gasteiger partial charge is 0.373 e. The van der Waals surface area contributed by atoms with Gasteiger partial charge in [0.25, 0.3) is 0 Å². The van der Waals surface area contributed by atoms with Crippen molar-refractivity contribution >= 4 is 27.1 Å². The van der Waals surface area contributed by atoms with Crippen LogP contribution in [0.15, 0.2) is 18.2 Å². The molecule has 1 saturated heterocycles. The first-order valence-electron chi connectivity index (χ1n) is 7.40. The molecule has 5 nitrogen and oxygen atoms in total. The van der Waals surface area contributed by atoms with Gasteiger partial charge in [0.1, 0.15) is 5.82 Å². The number of amides is 1. The van der Waals surface area contributed by atoms with Gasteiger partial charge in [-0.15, -0.1) is 0 Å². The van der Waals surface area contributed by atoms with Crippen molar-refractivity contribution in [3.8, 4) is 0 Å². The molecular weight excluding hydrogens is 307 g/mol. The molecule has 1 aromatic rings. The van der Waals surface area contributed by atoms with Crippen molar-refractivity contribution in [3.05, 3.63) is 24.0 Å². The Labute approximate surface area is 129 Å². The van der Waals surface area contributed by atoms with Gasteiger partial charge in [0.05, 0.1) is 28.8 Å². The monoisotopic (exact) mass is 326 g/mol. The predicted molar refractivity (Wildman–Crippen MR) is 83.4 cm³/mol. The van der Waals surface area contributed by atoms with Crippen molar-refractivity contribution in [2.45, 2.75) is 12.8 Å². The number of rotatable bonds is 1. The number of benzene rings is 1. The number of fused-ring (bicyclic) bond motifs is 1. The van der Waals surface area contributed by atoms with Gasteiger partial charge < -0.3 is 9.80 Å². The van der Waals surface area contributed by atoms with Crippen molar-refractivity contribution in [2.24, 2.45) is 5.92 Å². The third-order valence-electron chi connectivity index (χ3n) is 4.36. The number of carbonyl (C=O) groups excluding carboxylic acids is 1. The van der Waals surface area contributed by atoms with Gasteiger partial charge in [0, 0.05) is 20.1 Å². The lowest BCUT2D eigenvalue weighted by molar-refractivity contribution is -0.121. The van der Waals surface area contributed by atoms with E-state index in [1.165, 1.54) is 12.1 Å². The summed E-state index contributed by atoms with van der Waals surface area (Å²) in [4.78, 5) is 16.3. The van der Waals surface area contributed by atoms with E-state index in [2.05, 4.69) is 0 Å². The van der Waals surface area contributed by atoms with Crippen LogP contribution < -0.4 is 9.80 Å². The summed E-state index contributed by atoms with van der Waals surface area (Å²) >= 11 is 0. The molecule has 2 heterocycles. The van der Waals surface area contributed by atoms with E-state index < -0.39 is 21.6 Å². The van der Waals surface area contributed by atoms with Gasteiger partial charge in [-0.2, -0.15) is 0 Å². The number of hydrogen-bond acceptors (Lipinski definition) is 4. The number of sulfone groups is 1. The molecule has 2 aliphatic heterocycles. The Bertz CT molecular complexity index is 705. The molecule has 0 unspecified atom stereocenters. The van der Waals surface area contributed by atoms with Gasteiger partial charge in [-0.1, -0.05) is 0 Å². The number of anilines is 2. The van der Waals surface area contributed by atoms with Gasteiger partial charge in [0.15, 0.2) is 9.84 Å². The molecule has 120 valence electrons. The lowest BCUT2D eigenvalue weighted by Gasteiger charge is -2.26. The summed E-state index contributed by atoms with van der Waals surface area (Å²) in [5.74, 6) is -1.14. The molecule has 3 rings (SSSR count). The van der Waals surface area contributed by atoms with Gasteiger partial charge in [-0.3, -0.25) is 4.79 Å². The lowest BCUT2D eigenvalue weighted by atomic mass is 10.1. The topological polar surface area (TPSA) is 57.7 Å². The second-order valence-electron chi connectivity index (χ2n) is 6.00. The SMILES string of the molecule is CN1CCCN(C(=O)[C@@H]2CCS(=O)(=O)C2)c2cc(F)ccc21. The zero-order valence-corrected chi connectivity index (χ0v) is 13.3. The van der Waals surface area contributed by atoms with E-state index in [0.717, 1.165) is 18.7 Å². The normalized spacial score (nSPS) is 24.0. The fourth-order valence-electron chi connectivity index (χ4n) is 3.18. The van der Waals surface area contributed by atoms with Crippen LogP contribution in [0.1, 0.15) is 12.8 Å². The Hall–Kier alpha value is -1.63. The van der Waals surface area contributed by atoms with Gasteiger partial charge in [0.2, 0.25) is 5.91 Å². The van der Waals surface area contributed by atoms with E-state index in [-0.39, 0.29) is 17.4 Å². The first-order chi connectivity index (χ1) is 10.4. The summed E-state index contributed by atoms with van der Waals surface area (Å²) in [7, 11) is -1.21. The van der Waals surface area contributed by atoms with Crippen LogP contribution in [0.2, 0.25) is 0 Å². The molecule has 2 aliphatic rings. The van der Waals surface area contributed by atoms with Crippen LogP contribution in [-0.4, -0.2) is 46.0 Å². The highest BCUT2D eigenvalue weighted by atomic mass is 32.2. The second kappa shape index (κ2) is 5.53. The highest BCUT2D eigenvalue weighted by Gasteiger charge is 2.37. The fraction of sp³-hybridized carbons (Fsp3) is 0.533. The molecule has 0 N–H and O–H groups in total. The minimum Gasteiger partial charge on any atom is -0.373 e. The molecular formula is C15H19FN2O3S. The summed E-state index contributed by atoms with van der Waals surface area (Å²) in [6.45, 7) is 1.25. The van der Waals surface area contributed by atoms with E-state index in [0.29, 0.717) is 18.7 Å². The predicted octanol–water partition coefficient (Wildman–Crippen LogP) is 1.43. The minimum absolute atomic E-state index is 0.0627. The number of hydrogen-bond donors (Lipinski definition) is 0. The van der Waals surface area contributed by atoms with Crippen LogP contribution in [0.5, 0.6) is 0 Å². The maximum Gasteiger partial charge on any atom is 0.231 e. The summed E-state index contributed by atoms with van der Waals surface area (Å²) in [6, 6.07) is 4.41. The molecule has 1 fully saturated rings. The fourth-order valence-corrected chi connectivity index (χ4v) is 4.91. The Morgan fingerprint density at radius 3 is 2.73 bits per heavy atom. The molecule has 1 amide bonds. The number of carbonyl (C=O) groups is 1. The Balaban J connectivity index is 1.95. The zero-order valence-electron chi connectivity index (χ0n) is 12.5. The summed E-state index contributed by atoms with van der Waals surface area (Å²) < 4.78 is 36.9. The van der Waals surface area contributed by atoms with Crippen LogP contribution in [0.25, 0.3) is 0 Å². The standard InChI is InChI=1S/C15H19FN2O3S/c1-17-6-2-7-18(14-9-12(16)3-4-13(14)17)15(19)11-5-8-22(20,21)10-11/h3-4,9,11H,2,5-8,10H2,1H3/t11-/m1/s1. The van der Waals surface area contributed by atoms with Crippen LogP contribution >= 0.6 is 0 Å². The molecule has 0 spiro atoms. The molecule has 1 aromatic carbocycles. The van der Waals surface area contributed by atoms with Crippen molar-refractivity contribution < 1.29 is 17.6 Å². The number of halogens is 1. The van der Waals surface area contributed by atoms with Crippen molar-refractivity contribution in [1.29, 1.82) is 0 Å². The van der Waals surface area contributed by atoms with Crippen LogP contribution in [0.3, 0.4) is 0 Å². The van der Waals surface area contributed by atoms with Crippen LogP contribution in [0, 0.1) is 11.7 Å². The van der Waals surface area contributed by atoms with Gasteiger partial charge >= 0.3 is 0 Å². The third-order valence-corrected chi connectivity index (χ3v) is 6.13. The Morgan fingerprint density at radius 1 is 1.27 bits per heavy atom. The van der Waals surface area contributed by atoms with Crippen molar-refractivity contribution in [3.63, 3.8) is 0 Å². The average molecular weight is 326 g/mol. The summed E-state index contributed by atoms with van der Waals surface area (Å²) in [5.41, 5.74) is 1.34. The van der Waals surface area contributed by atoms with E-state index in [4.69, 9.17) is 0 Å². The molecule has 0 aromatic heterocycles. The molecule has 7 heteroatoms. The first-order valence-corrected chi connectivity index (χ1v) is 9.22. The molecule has 1 atom stereocenters. The second-order valence-corrected chi connectivity index (χ2v) is 8.23. The van der Waals surface area contributed by atoms with E-state index >= 15 is 0 Å². The molecule has 22 heavy (non-hydrogen) atoms. The molecule has 0 aliphatic carbocycles. The van der Waals surface area contributed by atoms with Crippen molar-refractivity contribution in [1.82, 2.24) is 0 Å².